The molecule has 0 atom stereocenters. The van der Waals surface area contributed by atoms with Crippen LogP contribution in [0.3, 0.4) is 0 Å². The van der Waals surface area contributed by atoms with Crippen molar-refractivity contribution in [3.63, 3.8) is 0 Å². The fourth-order valence-electron chi connectivity index (χ4n) is 4.73. The Hall–Kier alpha value is -2.96. The van der Waals surface area contributed by atoms with E-state index in [1.807, 2.05) is 35.1 Å². The number of piperazine rings is 1. The minimum atomic E-state index is -3.38. The molecule has 2 aliphatic carbocycles. The maximum Gasteiger partial charge on any atom is 0.218 e. The predicted molar refractivity (Wildman–Crippen MR) is 117 cm³/mol. The summed E-state index contributed by atoms with van der Waals surface area (Å²) in [6, 6.07) is 11.6. The number of hydrogen-bond acceptors (Lipinski definition) is 6. The van der Waals surface area contributed by atoms with Crippen LogP contribution in [0.25, 0.3) is 11.4 Å². The van der Waals surface area contributed by atoms with E-state index in [2.05, 4.69) is 21.2 Å². The molecule has 9 heteroatoms. The van der Waals surface area contributed by atoms with E-state index in [1.165, 1.54) is 11.9 Å². The molecule has 0 aromatic heterocycles. The van der Waals surface area contributed by atoms with E-state index in [0.29, 0.717) is 37.4 Å². The van der Waals surface area contributed by atoms with Crippen LogP contribution in [0.15, 0.2) is 36.7 Å². The minimum absolute atomic E-state index is 0.0145. The normalized spacial score (nSPS) is 17.5. The first-order valence-electron chi connectivity index (χ1n) is 10.6. The number of rotatable bonds is 4. The van der Waals surface area contributed by atoms with Crippen LogP contribution in [-0.4, -0.2) is 53.8 Å². The molecule has 4 aliphatic rings. The highest BCUT2D eigenvalue weighted by atomic mass is 32.2. The van der Waals surface area contributed by atoms with E-state index >= 15 is 0 Å². The molecule has 0 amide bonds. The monoisotopic (exact) mass is 436 g/mol. The molecule has 1 saturated heterocycles. The summed E-state index contributed by atoms with van der Waals surface area (Å²) in [5, 5.41) is 16.3. The van der Waals surface area contributed by atoms with Crippen molar-refractivity contribution in [3.05, 3.63) is 58.9 Å². The molecule has 8 nitrogen and oxygen atoms in total. The van der Waals surface area contributed by atoms with Crippen molar-refractivity contribution in [2.45, 2.75) is 31.4 Å². The smallest absolute Gasteiger partial charge is 0.218 e. The lowest BCUT2D eigenvalue weighted by molar-refractivity contribution is 0.340. The number of nitrogens with zero attached hydrogens (tertiary/aromatic N) is 6. The quantitative estimate of drug-likeness (QED) is 0.620. The SMILES string of the molecule is N#Cc1c2ncnn(N3CCN(S(=O)(=O)Cc4ccccc4)CC3)c-2c2c1CCCC2. The summed E-state index contributed by atoms with van der Waals surface area (Å²) < 4.78 is 27.3. The number of benzene rings is 1. The highest BCUT2D eigenvalue weighted by molar-refractivity contribution is 7.88. The molecule has 2 aliphatic heterocycles. The van der Waals surface area contributed by atoms with Gasteiger partial charge in [-0.2, -0.15) is 14.4 Å². The zero-order valence-electron chi connectivity index (χ0n) is 17.2. The average Bonchev–Trinajstić information content (AvgIpc) is 3.13. The first-order chi connectivity index (χ1) is 15.1. The van der Waals surface area contributed by atoms with Gasteiger partial charge in [-0.25, -0.2) is 13.4 Å². The predicted octanol–water partition coefficient (Wildman–Crippen LogP) is 1.92. The Labute approximate surface area is 182 Å². The van der Waals surface area contributed by atoms with E-state index in [0.717, 1.165) is 42.5 Å². The van der Waals surface area contributed by atoms with Crippen molar-refractivity contribution < 1.29 is 8.42 Å². The molecular formula is C22H24N6O2S. The van der Waals surface area contributed by atoms with E-state index in [9.17, 15) is 13.7 Å². The lowest BCUT2D eigenvalue weighted by atomic mass is 9.94. The summed E-state index contributed by atoms with van der Waals surface area (Å²) >= 11 is 0. The standard InChI is InChI=1S/C22H24N6O2S/c23-14-20-18-8-4-5-9-19(18)22-21(20)24-16-25-28(22)26-10-12-27(13-11-26)31(29,30)15-17-6-2-1-3-7-17/h1-3,6-7,16H,4-5,8-13,15H2. The van der Waals surface area contributed by atoms with Crippen molar-refractivity contribution in [2.24, 2.45) is 0 Å². The molecule has 1 aromatic rings. The number of aromatic nitrogens is 3. The molecule has 1 aromatic carbocycles. The van der Waals surface area contributed by atoms with Crippen LogP contribution >= 0.6 is 0 Å². The van der Waals surface area contributed by atoms with Gasteiger partial charge in [0.05, 0.1) is 11.3 Å². The number of sulfonamides is 1. The van der Waals surface area contributed by atoms with Crippen LogP contribution in [0, 0.1) is 11.3 Å². The summed E-state index contributed by atoms with van der Waals surface area (Å²) in [5.41, 5.74) is 5.38. The van der Waals surface area contributed by atoms with Gasteiger partial charge < -0.3 is 0 Å². The second-order valence-corrected chi connectivity index (χ2v) is 10.1. The maximum absolute atomic E-state index is 12.9. The van der Waals surface area contributed by atoms with Crippen LogP contribution in [0.5, 0.6) is 0 Å². The number of fused-ring (bicyclic) bond motifs is 3. The van der Waals surface area contributed by atoms with Gasteiger partial charge in [-0.3, -0.25) is 5.01 Å². The van der Waals surface area contributed by atoms with Gasteiger partial charge in [-0.05, 0) is 42.4 Å². The second kappa shape index (κ2) is 7.94. The van der Waals surface area contributed by atoms with E-state index in [-0.39, 0.29) is 5.75 Å². The molecule has 2 heterocycles. The van der Waals surface area contributed by atoms with Gasteiger partial charge in [0, 0.05) is 26.2 Å². The van der Waals surface area contributed by atoms with Gasteiger partial charge in [0.1, 0.15) is 23.8 Å². The van der Waals surface area contributed by atoms with Crippen molar-refractivity contribution in [2.75, 3.05) is 31.2 Å². The highest BCUT2D eigenvalue weighted by Crippen LogP contribution is 2.38. The molecule has 160 valence electrons. The van der Waals surface area contributed by atoms with Crippen LogP contribution in [0.2, 0.25) is 0 Å². The van der Waals surface area contributed by atoms with Gasteiger partial charge in [-0.1, -0.05) is 30.3 Å². The summed E-state index contributed by atoms with van der Waals surface area (Å²) in [6.07, 6.45) is 5.50. The van der Waals surface area contributed by atoms with Crippen LogP contribution in [0.4, 0.5) is 0 Å². The van der Waals surface area contributed by atoms with Crippen LogP contribution in [-0.2, 0) is 28.6 Å². The van der Waals surface area contributed by atoms with Crippen molar-refractivity contribution in [3.8, 4) is 17.5 Å². The molecule has 0 spiro atoms. The Kier molecular flexibility index (Phi) is 5.12. The third-order valence-electron chi connectivity index (χ3n) is 6.24. The van der Waals surface area contributed by atoms with Gasteiger partial charge in [0.2, 0.25) is 10.0 Å². The Balaban J connectivity index is 1.38. The molecule has 0 bridgehead atoms. The fourth-order valence-corrected chi connectivity index (χ4v) is 6.25. The third kappa shape index (κ3) is 3.56. The van der Waals surface area contributed by atoms with E-state index < -0.39 is 10.0 Å². The molecule has 31 heavy (non-hydrogen) atoms. The van der Waals surface area contributed by atoms with E-state index in [1.54, 1.807) is 4.31 Å². The van der Waals surface area contributed by atoms with Gasteiger partial charge >= 0.3 is 0 Å². The zero-order chi connectivity index (χ0) is 21.4. The fraction of sp³-hybridized carbons (Fsp3) is 0.409. The summed E-state index contributed by atoms with van der Waals surface area (Å²) in [5.74, 6) is 0.0145. The first kappa shape index (κ1) is 20.0. The molecule has 5 rings (SSSR count). The molecule has 0 radical (unpaired) electrons. The summed E-state index contributed by atoms with van der Waals surface area (Å²) in [6.45, 7) is 1.88. The Morgan fingerprint density at radius 2 is 1.71 bits per heavy atom. The molecule has 0 saturated carbocycles. The van der Waals surface area contributed by atoms with Gasteiger partial charge in [0.25, 0.3) is 0 Å². The molecular weight excluding hydrogens is 412 g/mol. The van der Waals surface area contributed by atoms with Crippen molar-refractivity contribution in [1.29, 1.82) is 5.26 Å². The highest BCUT2D eigenvalue weighted by Gasteiger charge is 2.33. The number of nitriles is 1. The van der Waals surface area contributed by atoms with Gasteiger partial charge in [-0.15, -0.1) is 5.10 Å². The topological polar surface area (TPSA) is 95.1 Å². The largest absolute Gasteiger partial charge is 0.294 e. The van der Waals surface area contributed by atoms with E-state index in [4.69, 9.17) is 0 Å². The van der Waals surface area contributed by atoms with Gasteiger partial charge in [0.15, 0.2) is 0 Å². The first-order valence-corrected chi connectivity index (χ1v) is 12.2. The average molecular weight is 437 g/mol. The summed E-state index contributed by atoms with van der Waals surface area (Å²) in [4.78, 5) is 6.28. The summed E-state index contributed by atoms with van der Waals surface area (Å²) in [7, 11) is -3.38. The lowest BCUT2D eigenvalue weighted by Gasteiger charge is -2.36. The Morgan fingerprint density at radius 3 is 2.42 bits per heavy atom. The van der Waals surface area contributed by atoms with Crippen LogP contribution < -0.4 is 5.01 Å². The zero-order valence-corrected chi connectivity index (χ0v) is 18.1. The maximum atomic E-state index is 12.9. The van der Waals surface area contributed by atoms with Crippen LogP contribution in [0.1, 0.15) is 35.1 Å². The lowest BCUT2D eigenvalue weighted by Crippen LogP contribution is -2.53. The minimum Gasteiger partial charge on any atom is -0.294 e. The number of hydrogen-bond donors (Lipinski definition) is 0. The molecule has 0 N–H and O–H groups in total. The molecule has 1 fully saturated rings. The van der Waals surface area contributed by atoms with Crippen molar-refractivity contribution in [1.82, 2.24) is 19.2 Å². The Morgan fingerprint density at radius 1 is 1.00 bits per heavy atom. The third-order valence-corrected chi connectivity index (χ3v) is 8.09. The second-order valence-electron chi connectivity index (χ2n) is 8.09. The Bertz CT molecular complexity index is 1210. The van der Waals surface area contributed by atoms with Crippen molar-refractivity contribution >= 4 is 10.0 Å². The molecule has 0 unspecified atom stereocenters.